The molecule has 5 aliphatic heterocycles. The minimum absolute atomic E-state index is 0.00361. The van der Waals surface area contributed by atoms with Gasteiger partial charge in [-0.3, -0.25) is 29.3 Å². The molecule has 9 N–H and O–H groups in total. The zero-order valence-electron chi connectivity index (χ0n) is 56.1. The van der Waals surface area contributed by atoms with Gasteiger partial charge in [-0.05, 0) is 57.4 Å². The fraction of sp³-hybridized carbons (Fsp3) is 0.580. The van der Waals surface area contributed by atoms with Crippen molar-refractivity contribution in [1.29, 1.82) is 0 Å². The highest BCUT2D eigenvalue weighted by molar-refractivity contribution is 6.46. The number of amides is 3. The molecule has 8 bridgehead atoms. The number of phenols is 2. The number of aliphatic hydroxyl groups excluding tert-OH is 5. The molecule has 6 aliphatic rings. The second kappa shape index (κ2) is 31.6. The number of rotatable bonds is 4. The van der Waals surface area contributed by atoms with E-state index in [9.17, 15) is 69.6 Å². The molecule has 0 radical (unpaired) electrons. The number of benzene rings is 2. The maximum atomic E-state index is 13.8. The van der Waals surface area contributed by atoms with E-state index >= 15 is 0 Å². The number of allylic oxidation sites excluding steroid dienone is 6. The van der Waals surface area contributed by atoms with E-state index in [1.54, 1.807) is 80.7 Å². The SMILES string of the molecule is C/C1=C/C=C/[C@H](C)[C@H](O)[C@@H](C)[C@@H](O)[C@@H](C)[C@H](O)[C@H](C)[C@@H](O)C(C)/C=C(/C)C(=O)C2=c3c(O)cc(c(O)c3C(O)C(C)C2=O)=NC1=O.CC.COc1cc2cc(c1Cl)N(C)C(=O)C[C@H](OC(=O)C(C)C)[C@@]1(C)O[C@H]1[C@H](C)[C@@H]1C[C@@](O)(NC(=O)O1)[C@H](OC)/C=C/C=C(/C)C2. The van der Waals surface area contributed by atoms with Gasteiger partial charge in [0.05, 0.1) is 73.3 Å². The van der Waals surface area contributed by atoms with E-state index in [4.69, 9.17) is 35.3 Å². The maximum Gasteiger partial charge on any atom is 0.409 e. The van der Waals surface area contributed by atoms with Crippen LogP contribution in [0.2, 0.25) is 5.02 Å². The summed E-state index contributed by atoms with van der Waals surface area (Å²) in [7, 11) is 4.56. The van der Waals surface area contributed by atoms with Crippen LogP contribution in [0, 0.1) is 47.3 Å². The van der Waals surface area contributed by atoms with Gasteiger partial charge < -0.3 is 69.4 Å². The smallest absolute Gasteiger partial charge is 0.409 e. The molecule has 5 heterocycles. The predicted molar refractivity (Wildman–Crippen MR) is 345 cm³/mol. The van der Waals surface area contributed by atoms with Gasteiger partial charge in [-0.25, -0.2) is 9.79 Å². The van der Waals surface area contributed by atoms with Crippen molar-refractivity contribution in [3.63, 3.8) is 0 Å². The topological polar surface area (TPSA) is 341 Å². The highest BCUT2D eigenvalue weighted by Gasteiger charge is 2.64. The average Bonchev–Trinajstić information content (AvgIpc) is 1.39. The number of nitrogens with zero attached hydrogens (tertiary/aromatic N) is 2. The predicted octanol–water partition coefficient (Wildman–Crippen LogP) is 6.65. The molecule has 0 aromatic heterocycles. The molecule has 508 valence electrons. The van der Waals surface area contributed by atoms with E-state index in [0.717, 1.165) is 17.2 Å². The van der Waals surface area contributed by atoms with Gasteiger partial charge in [0.15, 0.2) is 17.3 Å². The number of nitrogens with one attached hydrogen (secondary N) is 1. The lowest BCUT2D eigenvalue weighted by molar-refractivity contribution is -0.157. The Morgan fingerprint density at radius 2 is 1.40 bits per heavy atom. The average molecular weight is 1310 g/mol. The normalized spacial score (nSPS) is 35.8. The Balaban J connectivity index is 0.000000325. The summed E-state index contributed by atoms with van der Waals surface area (Å²) in [5.74, 6) is -9.59. The molecule has 23 heteroatoms. The van der Waals surface area contributed by atoms with E-state index in [-0.39, 0.29) is 51.1 Å². The number of anilines is 1. The molecule has 0 spiro atoms. The first kappa shape index (κ1) is 76.1. The number of esters is 1. The van der Waals surface area contributed by atoms with E-state index in [2.05, 4.69) is 10.3 Å². The maximum absolute atomic E-state index is 13.8. The number of Topliss-reactive ketones (excluding diaryl/α,β-unsaturated/α-hetero) is 2. The van der Waals surface area contributed by atoms with Gasteiger partial charge in [0.25, 0.3) is 5.91 Å². The Labute approximate surface area is 544 Å². The van der Waals surface area contributed by atoms with Gasteiger partial charge in [0.2, 0.25) is 5.91 Å². The molecule has 2 saturated heterocycles. The van der Waals surface area contributed by atoms with Crippen molar-refractivity contribution in [3.05, 3.63) is 104 Å². The Bertz CT molecular complexity index is 3370. The third kappa shape index (κ3) is 16.7. The number of aliphatic hydroxyl groups is 6. The van der Waals surface area contributed by atoms with Crippen LogP contribution in [0.3, 0.4) is 0 Å². The van der Waals surface area contributed by atoms with Crippen molar-refractivity contribution in [1.82, 2.24) is 5.32 Å². The summed E-state index contributed by atoms with van der Waals surface area (Å²) in [6, 6.07) is 4.57. The number of halogens is 1. The second-order valence-electron chi connectivity index (χ2n) is 25.5. The summed E-state index contributed by atoms with van der Waals surface area (Å²) in [5.41, 5.74) is -1.22. The van der Waals surface area contributed by atoms with Crippen LogP contribution < -0.4 is 25.5 Å². The standard InChI is InChI=1S/C35H47NO10.C32H43ClN2O9.C2H6/c1-14-10-9-11-15(2)35(46)36-22-13-23(37)24-25(32(43)21(8)33(44)26(24)34(22)45)29(40)17(4)12-16(3)28(39)19(6)31(42)20(7)30(41)18(5)27(14)38;1-17(2)29(37)43-25-15-26(36)35(6)21-13-20(14-22(40-7)27(21)33)12-18(3)10-9-11-24(41-8)32(39)16-23(42-30(38)34-32)19(4)28-31(25,5)44-28;1-2/h9-14,16,18-21,27-28,30-31,33,37-39,41-42,44-45H,1-8H3;9-11,13-14,17,19,23-25,28,39H,12,15-16H2,1-8H3,(H,34,38);1-2H3/b10-9+,15-11-,17-12-,36-22?;11-9+,18-10-;/t14-,16?,18+,19+,20+,21?,27-,28-,30+,31+,33?;19-,23+,24-,25+,28+,31-,32+;/m01./s1. The van der Waals surface area contributed by atoms with Crippen LogP contribution in [0.25, 0.3) is 5.57 Å². The van der Waals surface area contributed by atoms with Crippen LogP contribution in [0.1, 0.15) is 134 Å². The first-order valence-corrected chi connectivity index (χ1v) is 31.7. The molecular weight excluding hydrogens is 1210 g/mol. The van der Waals surface area contributed by atoms with Gasteiger partial charge in [0, 0.05) is 78.5 Å². The van der Waals surface area contributed by atoms with E-state index in [1.807, 2.05) is 45.9 Å². The third-order valence-corrected chi connectivity index (χ3v) is 18.8. The number of methoxy groups -OCH3 is 2. The Morgan fingerprint density at radius 1 is 0.815 bits per heavy atom. The summed E-state index contributed by atoms with van der Waals surface area (Å²) >= 11 is 6.68. The highest BCUT2D eigenvalue weighted by Crippen LogP contribution is 2.49. The minimum Gasteiger partial charge on any atom is -0.507 e. The number of aromatic hydroxyl groups is 2. The van der Waals surface area contributed by atoms with Crippen LogP contribution in [0.4, 0.5) is 10.5 Å². The number of carbonyl (C=O) groups is 6. The zero-order valence-corrected chi connectivity index (χ0v) is 56.8. The molecule has 8 rings (SSSR count). The van der Waals surface area contributed by atoms with Crippen molar-refractivity contribution in [2.75, 3.05) is 26.2 Å². The quantitative estimate of drug-likeness (QED) is 0.0878. The van der Waals surface area contributed by atoms with Crippen LogP contribution in [0.5, 0.6) is 17.2 Å². The molecule has 0 saturated carbocycles. The molecule has 3 unspecified atom stereocenters. The summed E-state index contributed by atoms with van der Waals surface area (Å²) < 4.78 is 28.8. The number of alkyl carbamates (subject to hydrolysis) is 1. The van der Waals surface area contributed by atoms with Crippen molar-refractivity contribution < 1.29 is 93.3 Å². The minimum atomic E-state index is -1.77. The van der Waals surface area contributed by atoms with Gasteiger partial charge in [0.1, 0.15) is 51.5 Å². The number of epoxide rings is 1. The van der Waals surface area contributed by atoms with Crippen molar-refractivity contribution in [2.24, 2.45) is 52.3 Å². The third-order valence-electron chi connectivity index (χ3n) is 18.4. The van der Waals surface area contributed by atoms with Gasteiger partial charge >= 0.3 is 12.1 Å². The molecule has 2 aromatic rings. The van der Waals surface area contributed by atoms with Gasteiger partial charge in [-0.1, -0.05) is 136 Å². The van der Waals surface area contributed by atoms with Gasteiger partial charge in [-0.2, -0.15) is 0 Å². The molecule has 3 amide bonds. The first-order valence-electron chi connectivity index (χ1n) is 31.3. The lowest BCUT2D eigenvalue weighted by atomic mass is 9.76. The Kier molecular flexibility index (Phi) is 26.1. The van der Waals surface area contributed by atoms with Crippen LogP contribution in [-0.4, -0.2) is 158 Å². The number of carbonyl (C=O) groups excluding carboxylic acids is 6. The summed E-state index contributed by atoms with van der Waals surface area (Å²) in [4.78, 5) is 84.7. The monoisotopic (exact) mass is 1310 g/mol. The molecule has 22 nitrogen and oxygen atoms in total. The lowest BCUT2D eigenvalue weighted by Gasteiger charge is -2.42. The van der Waals surface area contributed by atoms with E-state index in [0.29, 0.717) is 17.9 Å². The van der Waals surface area contributed by atoms with Crippen LogP contribution in [-0.2, 0) is 49.3 Å². The number of hydrogen-bond donors (Lipinski definition) is 9. The second-order valence-corrected chi connectivity index (χ2v) is 25.9. The Hall–Kier alpha value is -6.60. The van der Waals surface area contributed by atoms with E-state index < -0.39 is 160 Å². The van der Waals surface area contributed by atoms with Gasteiger partial charge in [-0.15, -0.1) is 0 Å². The first-order chi connectivity index (χ1) is 43.0. The van der Waals surface area contributed by atoms with Crippen LogP contribution in [0.15, 0.2) is 82.4 Å². The number of phenolic OH excluding ortho intramolecular Hbond substituents is 2. The molecule has 2 aromatic carbocycles. The molecule has 2 fully saturated rings. The van der Waals surface area contributed by atoms with E-state index in [1.165, 1.54) is 58.1 Å². The Morgan fingerprint density at radius 3 is 1.99 bits per heavy atom. The molecule has 1 aliphatic carbocycles. The summed E-state index contributed by atoms with van der Waals surface area (Å²) in [6.07, 6.45) is 1.50. The van der Waals surface area contributed by atoms with Crippen molar-refractivity contribution >= 4 is 58.3 Å². The molecule has 92 heavy (non-hydrogen) atoms. The highest BCUT2D eigenvalue weighted by atomic mass is 35.5. The number of ketones is 2. The van der Waals surface area contributed by atoms with Crippen LogP contribution >= 0.6 is 11.6 Å². The van der Waals surface area contributed by atoms with Crippen molar-refractivity contribution in [2.45, 2.75) is 189 Å². The lowest BCUT2D eigenvalue weighted by Crippen LogP contribution is -2.63. The number of hydrogen-bond acceptors (Lipinski definition) is 19. The fourth-order valence-corrected chi connectivity index (χ4v) is 12.5. The molecular formula is C69H96ClN3O19. The number of fused-ring (bicyclic) bond motifs is 20. The fourth-order valence-electron chi connectivity index (χ4n) is 12.2. The zero-order chi connectivity index (χ0) is 69.5. The largest absolute Gasteiger partial charge is 0.507 e. The summed E-state index contributed by atoms with van der Waals surface area (Å²) in [6.45, 7) is 25.4. The molecule has 18 atom stereocenters. The summed E-state index contributed by atoms with van der Waals surface area (Å²) in [5, 5.41) is 91.1. The van der Waals surface area contributed by atoms with Crippen molar-refractivity contribution in [3.8, 4) is 17.2 Å². The number of ether oxygens (including phenoxy) is 5.